The van der Waals surface area contributed by atoms with E-state index in [1.807, 2.05) is 36.6 Å². The Morgan fingerprint density at radius 1 is 1.24 bits per heavy atom. The van der Waals surface area contributed by atoms with Gasteiger partial charge in [-0.25, -0.2) is 4.98 Å². The van der Waals surface area contributed by atoms with Crippen molar-refractivity contribution < 1.29 is 4.74 Å². The molecule has 0 radical (unpaired) electrons. The number of anilines is 1. The first-order valence-electron chi connectivity index (χ1n) is 6.88. The zero-order chi connectivity index (χ0) is 14.5. The van der Waals surface area contributed by atoms with Gasteiger partial charge in [0.15, 0.2) is 0 Å². The molecule has 0 aromatic carbocycles. The molecule has 1 N–H and O–H groups in total. The molecule has 3 aromatic rings. The smallest absolute Gasteiger partial charge is 0.227 e. The number of hydrogen-bond donors (Lipinski definition) is 1. The molecule has 0 aliphatic rings. The van der Waals surface area contributed by atoms with Gasteiger partial charge in [0.2, 0.25) is 11.8 Å². The molecule has 0 aliphatic heterocycles. The van der Waals surface area contributed by atoms with Crippen molar-refractivity contribution in [2.75, 3.05) is 18.5 Å². The summed E-state index contributed by atoms with van der Waals surface area (Å²) in [6, 6.07) is 7.87. The molecule has 0 saturated carbocycles. The summed E-state index contributed by atoms with van der Waals surface area (Å²) in [5.41, 5.74) is 1.01. The standard InChI is InChI=1S/C15H16N4OS/c1-2-16-15-18-13(12-7-10-21-14(12)19-15)20-9-6-11-5-3-4-8-17-11/h3-5,7-8,10H,2,6,9H2,1H3,(H,16,18,19). The normalized spacial score (nSPS) is 10.7. The second kappa shape index (κ2) is 6.49. The zero-order valence-corrected chi connectivity index (χ0v) is 12.6. The number of aromatic nitrogens is 3. The molecule has 108 valence electrons. The highest BCUT2D eigenvalue weighted by atomic mass is 32.1. The lowest BCUT2D eigenvalue weighted by molar-refractivity contribution is 0.312. The van der Waals surface area contributed by atoms with E-state index in [1.54, 1.807) is 17.5 Å². The van der Waals surface area contributed by atoms with Gasteiger partial charge in [-0.1, -0.05) is 6.07 Å². The van der Waals surface area contributed by atoms with Crippen molar-refractivity contribution in [1.29, 1.82) is 0 Å². The quantitative estimate of drug-likeness (QED) is 0.758. The minimum absolute atomic E-state index is 0.546. The highest BCUT2D eigenvalue weighted by Crippen LogP contribution is 2.28. The van der Waals surface area contributed by atoms with Crippen LogP contribution in [0.4, 0.5) is 5.95 Å². The Morgan fingerprint density at radius 3 is 3.00 bits per heavy atom. The minimum Gasteiger partial charge on any atom is -0.477 e. The Balaban J connectivity index is 1.74. The van der Waals surface area contributed by atoms with Crippen LogP contribution in [-0.4, -0.2) is 28.1 Å². The summed E-state index contributed by atoms with van der Waals surface area (Å²) < 4.78 is 5.84. The van der Waals surface area contributed by atoms with Crippen molar-refractivity contribution in [1.82, 2.24) is 15.0 Å². The van der Waals surface area contributed by atoms with Gasteiger partial charge in [0.1, 0.15) is 4.83 Å². The Labute approximate surface area is 127 Å². The SMILES string of the molecule is CCNc1nc(OCCc2ccccn2)c2ccsc2n1. The van der Waals surface area contributed by atoms with E-state index in [1.165, 1.54) is 0 Å². The summed E-state index contributed by atoms with van der Waals surface area (Å²) in [5.74, 6) is 1.24. The van der Waals surface area contributed by atoms with Crippen LogP contribution in [0.25, 0.3) is 10.2 Å². The van der Waals surface area contributed by atoms with Gasteiger partial charge in [0.05, 0.1) is 12.0 Å². The largest absolute Gasteiger partial charge is 0.477 e. The number of hydrogen-bond acceptors (Lipinski definition) is 6. The van der Waals surface area contributed by atoms with Crippen LogP contribution >= 0.6 is 11.3 Å². The van der Waals surface area contributed by atoms with Crippen LogP contribution in [0.15, 0.2) is 35.8 Å². The number of nitrogens with zero attached hydrogens (tertiary/aromatic N) is 3. The molecule has 6 heteroatoms. The fraction of sp³-hybridized carbons (Fsp3) is 0.267. The van der Waals surface area contributed by atoms with Gasteiger partial charge in [-0.05, 0) is 30.5 Å². The molecular weight excluding hydrogens is 284 g/mol. The third-order valence-corrected chi connectivity index (χ3v) is 3.75. The number of rotatable bonds is 6. The third kappa shape index (κ3) is 3.28. The molecule has 5 nitrogen and oxygen atoms in total. The monoisotopic (exact) mass is 300 g/mol. The highest BCUT2D eigenvalue weighted by Gasteiger charge is 2.09. The number of thiophene rings is 1. The lowest BCUT2D eigenvalue weighted by atomic mass is 10.3. The second-order valence-corrected chi connectivity index (χ2v) is 5.34. The van der Waals surface area contributed by atoms with Crippen molar-refractivity contribution >= 4 is 27.5 Å². The highest BCUT2D eigenvalue weighted by molar-refractivity contribution is 7.16. The van der Waals surface area contributed by atoms with Crippen LogP contribution in [0.2, 0.25) is 0 Å². The van der Waals surface area contributed by atoms with Crippen LogP contribution in [0.1, 0.15) is 12.6 Å². The van der Waals surface area contributed by atoms with E-state index in [-0.39, 0.29) is 0 Å². The fourth-order valence-corrected chi connectivity index (χ4v) is 2.73. The number of pyridine rings is 1. The van der Waals surface area contributed by atoms with Crippen molar-refractivity contribution in [2.24, 2.45) is 0 Å². The Morgan fingerprint density at radius 2 is 2.19 bits per heavy atom. The molecule has 0 fully saturated rings. The molecule has 0 amide bonds. The summed E-state index contributed by atoms with van der Waals surface area (Å²) in [4.78, 5) is 14.1. The summed E-state index contributed by atoms with van der Waals surface area (Å²) in [5, 5.41) is 6.09. The molecule has 0 aliphatic carbocycles. The van der Waals surface area contributed by atoms with Crippen LogP contribution in [-0.2, 0) is 6.42 Å². The summed E-state index contributed by atoms with van der Waals surface area (Å²) in [6.45, 7) is 3.35. The molecule has 0 spiro atoms. The minimum atomic E-state index is 0.546. The lowest BCUT2D eigenvalue weighted by Gasteiger charge is -2.08. The van der Waals surface area contributed by atoms with E-state index in [0.29, 0.717) is 18.4 Å². The van der Waals surface area contributed by atoms with E-state index in [9.17, 15) is 0 Å². The van der Waals surface area contributed by atoms with Gasteiger partial charge in [-0.3, -0.25) is 4.98 Å². The van der Waals surface area contributed by atoms with Crippen molar-refractivity contribution in [3.8, 4) is 5.88 Å². The maximum atomic E-state index is 5.84. The van der Waals surface area contributed by atoms with Crippen molar-refractivity contribution in [2.45, 2.75) is 13.3 Å². The van der Waals surface area contributed by atoms with E-state index in [4.69, 9.17) is 4.74 Å². The van der Waals surface area contributed by atoms with Crippen LogP contribution in [0, 0.1) is 0 Å². The predicted molar refractivity (Wildman–Crippen MR) is 85.0 cm³/mol. The number of ether oxygens (including phenoxy) is 1. The average molecular weight is 300 g/mol. The molecule has 3 heterocycles. The maximum Gasteiger partial charge on any atom is 0.227 e. The van der Waals surface area contributed by atoms with Gasteiger partial charge < -0.3 is 10.1 Å². The van der Waals surface area contributed by atoms with Gasteiger partial charge >= 0.3 is 0 Å². The maximum absolute atomic E-state index is 5.84. The first-order valence-corrected chi connectivity index (χ1v) is 7.76. The van der Waals surface area contributed by atoms with E-state index in [0.717, 1.165) is 28.9 Å². The van der Waals surface area contributed by atoms with Crippen molar-refractivity contribution in [3.05, 3.63) is 41.5 Å². The van der Waals surface area contributed by atoms with E-state index >= 15 is 0 Å². The van der Waals surface area contributed by atoms with Crippen molar-refractivity contribution in [3.63, 3.8) is 0 Å². The molecule has 21 heavy (non-hydrogen) atoms. The van der Waals surface area contributed by atoms with Gasteiger partial charge in [0, 0.05) is 24.9 Å². The third-order valence-electron chi connectivity index (χ3n) is 2.95. The van der Waals surface area contributed by atoms with Crippen LogP contribution in [0.3, 0.4) is 0 Å². The molecule has 0 atom stereocenters. The molecule has 0 unspecified atom stereocenters. The Kier molecular flexibility index (Phi) is 4.25. The summed E-state index contributed by atoms with van der Waals surface area (Å²) >= 11 is 1.59. The van der Waals surface area contributed by atoms with Gasteiger partial charge in [-0.2, -0.15) is 4.98 Å². The Hall–Kier alpha value is -2.21. The first-order chi connectivity index (χ1) is 10.4. The van der Waals surface area contributed by atoms with Crippen LogP contribution < -0.4 is 10.1 Å². The average Bonchev–Trinajstić information content (AvgIpc) is 2.97. The molecule has 3 aromatic heterocycles. The topological polar surface area (TPSA) is 59.9 Å². The zero-order valence-electron chi connectivity index (χ0n) is 11.7. The number of nitrogens with one attached hydrogen (secondary N) is 1. The molecule has 0 bridgehead atoms. The summed E-state index contributed by atoms with van der Waals surface area (Å²) in [6.07, 6.45) is 2.55. The summed E-state index contributed by atoms with van der Waals surface area (Å²) in [7, 11) is 0. The molecule has 0 saturated heterocycles. The first kappa shape index (κ1) is 13.8. The molecular formula is C15H16N4OS. The second-order valence-electron chi connectivity index (χ2n) is 4.44. The molecule has 3 rings (SSSR count). The van der Waals surface area contributed by atoms with E-state index < -0.39 is 0 Å². The van der Waals surface area contributed by atoms with Crippen LogP contribution in [0.5, 0.6) is 5.88 Å². The van der Waals surface area contributed by atoms with E-state index in [2.05, 4.69) is 20.3 Å². The number of fused-ring (bicyclic) bond motifs is 1. The fourth-order valence-electron chi connectivity index (χ4n) is 1.97. The Bertz CT molecular complexity index is 714. The lowest BCUT2D eigenvalue weighted by Crippen LogP contribution is -2.07. The van der Waals surface area contributed by atoms with Gasteiger partial charge in [-0.15, -0.1) is 11.3 Å². The van der Waals surface area contributed by atoms with Gasteiger partial charge in [0.25, 0.3) is 0 Å². The predicted octanol–water partition coefficient (Wildman–Crippen LogP) is 3.14.